The van der Waals surface area contributed by atoms with Gasteiger partial charge < -0.3 is 5.73 Å². The summed E-state index contributed by atoms with van der Waals surface area (Å²) in [4.78, 5) is 0. The summed E-state index contributed by atoms with van der Waals surface area (Å²) in [5.41, 5.74) is 11.4. The Kier molecular flexibility index (Phi) is 3.18. The van der Waals surface area contributed by atoms with Crippen LogP contribution in [0.15, 0.2) is 48.5 Å². The van der Waals surface area contributed by atoms with Gasteiger partial charge >= 0.3 is 0 Å². The van der Waals surface area contributed by atoms with E-state index < -0.39 is 0 Å². The van der Waals surface area contributed by atoms with Gasteiger partial charge in [-0.2, -0.15) is 0 Å². The number of nitrogens with two attached hydrogens (primary N) is 1. The third-order valence-corrected chi connectivity index (χ3v) is 4.26. The van der Waals surface area contributed by atoms with E-state index >= 15 is 0 Å². The van der Waals surface area contributed by atoms with Gasteiger partial charge in [0, 0.05) is 12.0 Å². The average molecular weight is 265 g/mol. The van der Waals surface area contributed by atoms with Crippen LogP contribution < -0.4 is 5.73 Å². The van der Waals surface area contributed by atoms with E-state index in [0.717, 1.165) is 6.42 Å². The quantitative estimate of drug-likeness (QED) is 0.852. The fourth-order valence-electron chi connectivity index (χ4n) is 2.68. The van der Waals surface area contributed by atoms with Crippen LogP contribution in [0.5, 0.6) is 0 Å². The lowest BCUT2D eigenvalue weighted by atomic mass is 9.86. The zero-order valence-electron chi connectivity index (χ0n) is 12.6. The Labute approximate surface area is 121 Å². The van der Waals surface area contributed by atoms with Crippen molar-refractivity contribution in [3.05, 3.63) is 59.7 Å². The van der Waals surface area contributed by atoms with Crippen molar-refractivity contribution >= 4 is 0 Å². The van der Waals surface area contributed by atoms with Gasteiger partial charge in [0.2, 0.25) is 0 Å². The van der Waals surface area contributed by atoms with E-state index in [9.17, 15) is 0 Å². The van der Waals surface area contributed by atoms with Crippen molar-refractivity contribution in [2.24, 2.45) is 5.73 Å². The van der Waals surface area contributed by atoms with Crippen molar-refractivity contribution in [2.45, 2.75) is 44.6 Å². The molecule has 3 rings (SSSR count). The van der Waals surface area contributed by atoms with E-state index in [0.29, 0.717) is 12.0 Å². The van der Waals surface area contributed by atoms with E-state index in [1.807, 2.05) is 0 Å². The number of hydrogen-bond acceptors (Lipinski definition) is 1. The molecule has 1 fully saturated rings. The van der Waals surface area contributed by atoms with Crippen LogP contribution in [0, 0.1) is 0 Å². The fraction of sp³-hybridized carbons (Fsp3) is 0.368. The van der Waals surface area contributed by atoms with E-state index in [2.05, 4.69) is 69.3 Å². The third kappa shape index (κ3) is 2.64. The van der Waals surface area contributed by atoms with Crippen LogP contribution in [-0.2, 0) is 5.41 Å². The Balaban J connectivity index is 1.82. The van der Waals surface area contributed by atoms with E-state index in [-0.39, 0.29) is 5.41 Å². The van der Waals surface area contributed by atoms with Gasteiger partial charge in [0.05, 0.1) is 0 Å². The maximum Gasteiger partial charge on any atom is 0.0115 e. The van der Waals surface area contributed by atoms with Crippen LogP contribution in [0.3, 0.4) is 0 Å². The van der Waals surface area contributed by atoms with Gasteiger partial charge in [0.1, 0.15) is 0 Å². The summed E-state index contributed by atoms with van der Waals surface area (Å²) in [7, 11) is 0. The molecule has 0 bridgehead atoms. The molecule has 0 heterocycles. The smallest absolute Gasteiger partial charge is 0.0115 e. The maximum atomic E-state index is 5.91. The molecule has 0 aromatic heterocycles. The highest BCUT2D eigenvalue weighted by atomic mass is 14.7. The number of rotatable bonds is 2. The first-order valence-corrected chi connectivity index (χ1v) is 7.41. The molecular weight excluding hydrogens is 242 g/mol. The van der Waals surface area contributed by atoms with E-state index in [1.54, 1.807) is 0 Å². The fourth-order valence-corrected chi connectivity index (χ4v) is 2.68. The predicted octanol–water partition coefficient (Wildman–Crippen LogP) is 4.47. The third-order valence-electron chi connectivity index (χ3n) is 4.26. The Hall–Kier alpha value is -1.60. The molecule has 1 aliphatic rings. The minimum absolute atomic E-state index is 0.213. The second-order valence-electron chi connectivity index (χ2n) is 6.96. The zero-order valence-corrected chi connectivity index (χ0v) is 12.6. The van der Waals surface area contributed by atoms with Crippen molar-refractivity contribution in [1.82, 2.24) is 0 Å². The molecule has 2 aromatic rings. The normalized spacial score (nSPS) is 21.8. The second-order valence-corrected chi connectivity index (χ2v) is 6.96. The SMILES string of the molecule is CC(C)(C)c1ccc(-c2ccc([C@H]3C[C@@H]3N)cc2)cc1. The van der Waals surface area contributed by atoms with Crippen LogP contribution in [0.2, 0.25) is 0 Å². The van der Waals surface area contributed by atoms with Gasteiger partial charge in [-0.3, -0.25) is 0 Å². The Morgan fingerprint density at radius 3 is 1.70 bits per heavy atom. The van der Waals surface area contributed by atoms with Crippen molar-refractivity contribution < 1.29 is 0 Å². The van der Waals surface area contributed by atoms with E-state index in [1.165, 1.54) is 22.3 Å². The highest BCUT2D eigenvalue weighted by Gasteiger charge is 2.34. The molecule has 2 atom stereocenters. The molecule has 104 valence electrons. The topological polar surface area (TPSA) is 26.0 Å². The molecule has 1 aliphatic carbocycles. The molecule has 2 aromatic carbocycles. The molecule has 0 saturated heterocycles. The predicted molar refractivity (Wildman–Crippen MR) is 85.9 cm³/mol. The van der Waals surface area contributed by atoms with E-state index in [4.69, 9.17) is 5.73 Å². The average Bonchev–Trinajstić information content (AvgIpc) is 3.15. The Morgan fingerprint density at radius 1 is 0.850 bits per heavy atom. The van der Waals surface area contributed by atoms with Gasteiger partial charge in [0.25, 0.3) is 0 Å². The molecule has 20 heavy (non-hydrogen) atoms. The van der Waals surface area contributed by atoms with Crippen LogP contribution in [0.25, 0.3) is 11.1 Å². The largest absolute Gasteiger partial charge is 0.327 e. The van der Waals surface area contributed by atoms with Gasteiger partial charge in [0.15, 0.2) is 0 Å². The first kappa shape index (κ1) is 13.4. The summed E-state index contributed by atoms with van der Waals surface area (Å²) in [6.45, 7) is 6.74. The van der Waals surface area contributed by atoms with Gasteiger partial charge in [-0.25, -0.2) is 0 Å². The summed E-state index contributed by atoms with van der Waals surface area (Å²) in [6, 6.07) is 18.2. The van der Waals surface area contributed by atoms with Crippen LogP contribution in [0.4, 0.5) is 0 Å². The number of benzene rings is 2. The second kappa shape index (κ2) is 4.75. The van der Waals surface area contributed by atoms with Crippen molar-refractivity contribution in [3.8, 4) is 11.1 Å². The molecule has 1 nitrogen and oxygen atoms in total. The first-order valence-electron chi connectivity index (χ1n) is 7.41. The highest BCUT2D eigenvalue weighted by molar-refractivity contribution is 5.64. The lowest BCUT2D eigenvalue weighted by Gasteiger charge is -2.19. The minimum atomic E-state index is 0.213. The molecule has 1 saturated carbocycles. The Morgan fingerprint density at radius 2 is 1.30 bits per heavy atom. The van der Waals surface area contributed by atoms with Gasteiger partial charge in [-0.1, -0.05) is 69.3 Å². The molecule has 0 amide bonds. The van der Waals surface area contributed by atoms with Crippen molar-refractivity contribution in [1.29, 1.82) is 0 Å². The highest BCUT2D eigenvalue weighted by Crippen LogP contribution is 2.39. The summed E-state index contributed by atoms with van der Waals surface area (Å²) >= 11 is 0. The van der Waals surface area contributed by atoms with Gasteiger partial charge in [-0.05, 0) is 34.1 Å². The van der Waals surface area contributed by atoms with Crippen LogP contribution >= 0.6 is 0 Å². The lowest BCUT2D eigenvalue weighted by Crippen LogP contribution is -2.10. The molecule has 0 spiro atoms. The van der Waals surface area contributed by atoms with Crippen LogP contribution in [0.1, 0.15) is 44.2 Å². The summed E-state index contributed by atoms with van der Waals surface area (Å²) in [5, 5.41) is 0. The lowest BCUT2D eigenvalue weighted by molar-refractivity contribution is 0.590. The monoisotopic (exact) mass is 265 g/mol. The van der Waals surface area contributed by atoms with Crippen molar-refractivity contribution in [3.63, 3.8) is 0 Å². The summed E-state index contributed by atoms with van der Waals surface area (Å²) in [5.74, 6) is 0.590. The molecule has 0 unspecified atom stereocenters. The minimum Gasteiger partial charge on any atom is -0.327 e. The molecular formula is C19H23N. The summed E-state index contributed by atoms with van der Waals surface area (Å²) in [6.07, 6.45) is 1.14. The summed E-state index contributed by atoms with van der Waals surface area (Å²) < 4.78 is 0. The standard InChI is InChI=1S/C19H23N/c1-19(2,3)16-10-8-14(9-11-16)13-4-6-15(7-5-13)17-12-18(17)20/h4-11,17-18H,12,20H2,1-3H3/t17-,18+/m1/s1. The van der Waals surface area contributed by atoms with Gasteiger partial charge in [-0.15, -0.1) is 0 Å². The Bertz CT molecular complexity index is 587. The number of hydrogen-bond donors (Lipinski definition) is 1. The van der Waals surface area contributed by atoms with Crippen molar-refractivity contribution in [2.75, 3.05) is 0 Å². The molecule has 1 heteroatoms. The maximum absolute atomic E-state index is 5.91. The zero-order chi connectivity index (χ0) is 14.3. The first-order chi connectivity index (χ1) is 9.45. The molecule has 2 N–H and O–H groups in total. The molecule has 0 radical (unpaired) electrons. The molecule has 0 aliphatic heterocycles. The van der Waals surface area contributed by atoms with Crippen LogP contribution in [-0.4, -0.2) is 6.04 Å².